The molecular formula is C17H30N4O4S. The average Bonchev–Trinajstić information content (AvgIpc) is 3.11. The third-order valence-corrected chi connectivity index (χ3v) is 6.42. The fourth-order valence-corrected chi connectivity index (χ4v) is 5.49. The number of rotatable bonds is 5. The highest BCUT2D eigenvalue weighted by Gasteiger charge is 2.43. The molecule has 2 amide bonds. The van der Waals surface area contributed by atoms with Gasteiger partial charge in [0, 0.05) is 45.2 Å². The molecule has 3 fully saturated rings. The number of amides is 2. The van der Waals surface area contributed by atoms with Crippen molar-refractivity contribution in [2.75, 3.05) is 32.4 Å². The zero-order valence-corrected chi connectivity index (χ0v) is 16.4. The first-order chi connectivity index (χ1) is 12.2. The molecule has 2 aliphatic heterocycles. The maximum absolute atomic E-state index is 13.0. The third-order valence-electron chi connectivity index (χ3n) is 5.65. The first-order valence-electron chi connectivity index (χ1n) is 9.48. The van der Waals surface area contributed by atoms with Crippen molar-refractivity contribution in [1.82, 2.24) is 19.8 Å². The van der Waals surface area contributed by atoms with Crippen LogP contribution in [0.25, 0.3) is 0 Å². The Morgan fingerprint density at radius 1 is 1.19 bits per heavy atom. The first kappa shape index (κ1) is 19.6. The fraction of sp³-hybridized carbons (Fsp3) is 0.882. The van der Waals surface area contributed by atoms with Gasteiger partial charge in [-0.3, -0.25) is 14.5 Å². The van der Waals surface area contributed by atoms with Crippen LogP contribution in [0.1, 0.15) is 39.0 Å². The molecule has 0 unspecified atom stereocenters. The summed E-state index contributed by atoms with van der Waals surface area (Å²) in [6.45, 7) is 4.00. The van der Waals surface area contributed by atoms with Crippen LogP contribution in [0, 0.1) is 5.92 Å². The topological polar surface area (TPSA) is 98.8 Å². The second kappa shape index (κ2) is 7.82. The number of carbonyl (C=O) groups excluding carboxylic acids is 2. The van der Waals surface area contributed by atoms with Crippen LogP contribution in [0.3, 0.4) is 0 Å². The zero-order valence-electron chi connectivity index (χ0n) is 15.6. The lowest BCUT2D eigenvalue weighted by Crippen LogP contribution is -2.51. The number of hydrogen-bond donors (Lipinski definition) is 2. The van der Waals surface area contributed by atoms with E-state index in [4.69, 9.17) is 0 Å². The van der Waals surface area contributed by atoms with Crippen LogP contribution < -0.4 is 10.0 Å². The molecule has 0 aromatic heterocycles. The maximum Gasteiger partial charge on any atom is 0.246 e. The monoisotopic (exact) mass is 386 g/mol. The Labute approximate surface area is 155 Å². The third kappa shape index (κ3) is 4.95. The van der Waals surface area contributed by atoms with Gasteiger partial charge in [0.2, 0.25) is 21.8 Å². The summed E-state index contributed by atoms with van der Waals surface area (Å²) in [5, 5.41) is 2.79. The lowest BCUT2D eigenvalue weighted by Gasteiger charge is -2.27. The lowest BCUT2D eigenvalue weighted by molar-refractivity contribution is -0.135. The summed E-state index contributed by atoms with van der Waals surface area (Å²) in [4.78, 5) is 28.6. The van der Waals surface area contributed by atoms with Gasteiger partial charge in [-0.15, -0.1) is 0 Å². The Morgan fingerprint density at radius 2 is 1.88 bits per heavy atom. The minimum atomic E-state index is -3.31. The molecule has 8 nitrogen and oxygen atoms in total. The molecule has 148 valence electrons. The zero-order chi connectivity index (χ0) is 18.9. The van der Waals surface area contributed by atoms with E-state index in [-0.39, 0.29) is 23.9 Å². The van der Waals surface area contributed by atoms with E-state index in [1.807, 2.05) is 0 Å². The summed E-state index contributed by atoms with van der Waals surface area (Å²) in [5.74, 6) is 0.338. The summed E-state index contributed by atoms with van der Waals surface area (Å²) in [6.07, 6.45) is 6.74. The molecular weight excluding hydrogens is 356 g/mol. The Bertz CT molecular complexity index is 647. The van der Waals surface area contributed by atoms with E-state index in [9.17, 15) is 18.0 Å². The van der Waals surface area contributed by atoms with Crippen molar-refractivity contribution in [3.63, 3.8) is 0 Å². The van der Waals surface area contributed by atoms with Crippen molar-refractivity contribution < 1.29 is 18.0 Å². The Hall–Kier alpha value is -1.19. The van der Waals surface area contributed by atoms with E-state index in [2.05, 4.69) is 14.9 Å². The number of sulfonamides is 1. The summed E-state index contributed by atoms with van der Waals surface area (Å²) >= 11 is 0. The summed E-state index contributed by atoms with van der Waals surface area (Å²) in [5.41, 5.74) is 0. The van der Waals surface area contributed by atoms with Gasteiger partial charge in [0.15, 0.2) is 0 Å². The quantitative estimate of drug-likeness (QED) is 0.665. The van der Waals surface area contributed by atoms with Crippen molar-refractivity contribution in [3.05, 3.63) is 0 Å². The van der Waals surface area contributed by atoms with E-state index < -0.39 is 16.1 Å². The number of fused-ring (bicyclic) bond motifs is 1. The second-order valence-electron chi connectivity index (χ2n) is 8.09. The Balaban J connectivity index is 1.74. The van der Waals surface area contributed by atoms with Gasteiger partial charge in [-0.1, -0.05) is 12.8 Å². The van der Waals surface area contributed by atoms with Crippen LogP contribution in [0.2, 0.25) is 0 Å². The van der Waals surface area contributed by atoms with Crippen LogP contribution in [-0.2, 0) is 19.6 Å². The number of nitrogens with one attached hydrogen (secondary N) is 2. The molecule has 2 N–H and O–H groups in total. The molecule has 2 heterocycles. The summed E-state index contributed by atoms with van der Waals surface area (Å²) < 4.78 is 25.8. The highest BCUT2D eigenvalue weighted by molar-refractivity contribution is 7.88. The van der Waals surface area contributed by atoms with Gasteiger partial charge in [0.05, 0.1) is 6.26 Å². The molecule has 3 rings (SSSR count). The SMILES string of the molecule is CC(=O)N[C@H]1CN(CC2CCCC2)C[C@@H]2C[C@H](NS(C)(=O)=O)CN2C1=O. The predicted molar refractivity (Wildman–Crippen MR) is 97.9 cm³/mol. The maximum atomic E-state index is 13.0. The molecule has 0 aromatic carbocycles. The molecule has 3 atom stereocenters. The number of carbonyl (C=O) groups is 2. The van der Waals surface area contributed by atoms with Gasteiger partial charge in [-0.25, -0.2) is 13.1 Å². The lowest BCUT2D eigenvalue weighted by atomic mass is 10.1. The fourth-order valence-electron chi connectivity index (χ4n) is 4.72. The summed E-state index contributed by atoms with van der Waals surface area (Å²) in [6, 6.07) is -0.832. The van der Waals surface area contributed by atoms with Gasteiger partial charge in [-0.05, 0) is 25.2 Å². The highest BCUT2D eigenvalue weighted by atomic mass is 32.2. The molecule has 1 aliphatic carbocycles. The molecule has 0 bridgehead atoms. The van der Waals surface area contributed by atoms with Gasteiger partial charge < -0.3 is 10.2 Å². The Kier molecular flexibility index (Phi) is 5.88. The average molecular weight is 387 g/mol. The van der Waals surface area contributed by atoms with Gasteiger partial charge in [0.25, 0.3) is 0 Å². The minimum Gasteiger partial charge on any atom is -0.343 e. The molecule has 3 aliphatic rings. The van der Waals surface area contributed by atoms with Gasteiger partial charge >= 0.3 is 0 Å². The summed E-state index contributed by atoms with van der Waals surface area (Å²) in [7, 11) is -3.31. The van der Waals surface area contributed by atoms with E-state index in [1.165, 1.54) is 32.6 Å². The van der Waals surface area contributed by atoms with E-state index in [1.54, 1.807) is 4.90 Å². The van der Waals surface area contributed by atoms with Crippen LogP contribution in [-0.4, -0.2) is 80.6 Å². The highest BCUT2D eigenvalue weighted by Crippen LogP contribution is 2.28. The molecule has 2 saturated heterocycles. The van der Waals surface area contributed by atoms with Crippen molar-refractivity contribution in [3.8, 4) is 0 Å². The van der Waals surface area contributed by atoms with E-state index in [0.717, 1.165) is 19.3 Å². The van der Waals surface area contributed by atoms with Crippen LogP contribution in [0.15, 0.2) is 0 Å². The van der Waals surface area contributed by atoms with Gasteiger partial charge in [-0.2, -0.15) is 0 Å². The van der Waals surface area contributed by atoms with Crippen LogP contribution in [0.4, 0.5) is 0 Å². The molecule has 0 aromatic rings. The largest absolute Gasteiger partial charge is 0.343 e. The minimum absolute atomic E-state index is 0.0121. The Morgan fingerprint density at radius 3 is 2.50 bits per heavy atom. The first-order valence-corrected chi connectivity index (χ1v) is 11.4. The van der Waals surface area contributed by atoms with E-state index in [0.29, 0.717) is 25.4 Å². The van der Waals surface area contributed by atoms with Crippen LogP contribution >= 0.6 is 0 Å². The normalized spacial score (nSPS) is 31.1. The number of hydrogen-bond acceptors (Lipinski definition) is 5. The van der Waals surface area contributed by atoms with Crippen molar-refractivity contribution in [2.24, 2.45) is 5.92 Å². The van der Waals surface area contributed by atoms with Crippen molar-refractivity contribution >= 4 is 21.8 Å². The molecule has 26 heavy (non-hydrogen) atoms. The van der Waals surface area contributed by atoms with Crippen LogP contribution in [0.5, 0.6) is 0 Å². The van der Waals surface area contributed by atoms with Crippen molar-refractivity contribution in [1.29, 1.82) is 0 Å². The molecule has 0 radical (unpaired) electrons. The van der Waals surface area contributed by atoms with Gasteiger partial charge in [0.1, 0.15) is 6.04 Å². The smallest absolute Gasteiger partial charge is 0.246 e. The molecule has 9 heteroatoms. The van der Waals surface area contributed by atoms with E-state index >= 15 is 0 Å². The molecule has 1 saturated carbocycles. The second-order valence-corrected chi connectivity index (χ2v) is 9.87. The number of nitrogens with zero attached hydrogens (tertiary/aromatic N) is 2. The van der Waals surface area contributed by atoms with Crippen molar-refractivity contribution in [2.45, 2.75) is 57.2 Å². The standard InChI is InChI=1S/C17H30N4O4S/c1-12(22)18-16-11-20(8-13-5-3-4-6-13)10-15-7-14(19-26(2,24)25)9-21(15)17(16)23/h13-16,19H,3-11H2,1-2H3,(H,18,22)/t14-,15-,16-/m0/s1. The predicted octanol–water partition coefficient (Wildman–Crippen LogP) is -0.484. The molecule has 0 spiro atoms.